The first-order valence-corrected chi connectivity index (χ1v) is 7.34. The normalized spacial score (nSPS) is 19.8. The average molecular weight is 282 g/mol. The summed E-state index contributed by atoms with van der Waals surface area (Å²) in [4.78, 5) is 0. The monoisotopic (exact) mass is 282 g/mol. The Bertz CT molecular complexity index is 421. The summed E-state index contributed by atoms with van der Waals surface area (Å²) in [5, 5.41) is 4.28. The Kier molecular flexibility index (Phi) is 5.01. The first-order valence-electron chi connectivity index (χ1n) is 7.34. The van der Waals surface area contributed by atoms with Gasteiger partial charge >= 0.3 is 0 Å². The van der Waals surface area contributed by atoms with Crippen molar-refractivity contribution in [1.82, 2.24) is 15.2 Å². The van der Waals surface area contributed by atoms with Crippen LogP contribution in [0, 0.1) is 0 Å². The first kappa shape index (κ1) is 15.3. The van der Waals surface area contributed by atoms with Crippen molar-refractivity contribution in [1.29, 1.82) is 0 Å². The molecule has 0 aliphatic heterocycles. The van der Waals surface area contributed by atoms with Gasteiger partial charge in [-0.1, -0.05) is 19.3 Å². The van der Waals surface area contributed by atoms with Crippen LogP contribution in [0.4, 0.5) is 0 Å². The molecule has 1 aliphatic carbocycles. The second-order valence-corrected chi connectivity index (χ2v) is 5.38. The van der Waals surface area contributed by atoms with Gasteiger partial charge < -0.3 is 9.47 Å². The van der Waals surface area contributed by atoms with Gasteiger partial charge in [0.2, 0.25) is 0 Å². The van der Waals surface area contributed by atoms with Crippen molar-refractivity contribution < 1.29 is 9.47 Å². The number of nitrogens with zero attached hydrogens (tertiary/aromatic N) is 2. The van der Waals surface area contributed by atoms with Crippen LogP contribution in [0.25, 0.3) is 0 Å². The molecule has 114 valence electrons. The van der Waals surface area contributed by atoms with Gasteiger partial charge in [-0.3, -0.25) is 10.5 Å². The number of hydrazine groups is 1. The van der Waals surface area contributed by atoms with E-state index in [9.17, 15) is 0 Å². The second-order valence-electron chi connectivity index (χ2n) is 5.38. The third kappa shape index (κ3) is 2.68. The van der Waals surface area contributed by atoms with E-state index in [1.807, 2.05) is 18.7 Å². The van der Waals surface area contributed by atoms with Crippen LogP contribution in [0.3, 0.4) is 0 Å². The smallest absolute Gasteiger partial charge is 0.161 e. The van der Waals surface area contributed by atoms with Crippen LogP contribution in [-0.2, 0) is 11.8 Å². The minimum atomic E-state index is -0.275. The standard InChI is InChI=1S/C14H26N4O2/c1-4-20-14(8-6-5-7-9-14)13(17-15)12-11(19-3)10-16-18(12)2/h10,13,17H,4-9,15H2,1-3H3. The maximum Gasteiger partial charge on any atom is 0.161 e. The van der Waals surface area contributed by atoms with Gasteiger partial charge in [-0.05, 0) is 19.8 Å². The zero-order valence-corrected chi connectivity index (χ0v) is 12.7. The van der Waals surface area contributed by atoms with Crippen LogP contribution >= 0.6 is 0 Å². The molecule has 2 rings (SSSR count). The van der Waals surface area contributed by atoms with Crippen molar-refractivity contribution in [2.45, 2.75) is 50.7 Å². The van der Waals surface area contributed by atoms with Gasteiger partial charge in [0.05, 0.1) is 24.9 Å². The van der Waals surface area contributed by atoms with Crippen LogP contribution in [0.2, 0.25) is 0 Å². The van der Waals surface area contributed by atoms with Gasteiger partial charge in [0, 0.05) is 13.7 Å². The van der Waals surface area contributed by atoms with E-state index in [2.05, 4.69) is 10.5 Å². The van der Waals surface area contributed by atoms with E-state index < -0.39 is 0 Å². The predicted octanol–water partition coefficient (Wildman–Crippen LogP) is 1.67. The lowest BCUT2D eigenvalue weighted by molar-refractivity contribution is -0.0932. The third-order valence-electron chi connectivity index (χ3n) is 4.27. The van der Waals surface area contributed by atoms with Crippen molar-refractivity contribution in [3.8, 4) is 5.75 Å². The van der Waals surface area contributed by atoms with Gasteiger partial charge in [-0.2, -0.15) is 5.10 Å². The number of hydrogen-bond donors (Lipinski definition) is 2. The fraction of sp³-hybridized carbons (Fsp3) is 0.786. The summed E-state index contributed by atoms with van der Waals surface area (Å²) in [5.41, 5.74) is 3.62. The minimum absolute atomic E-state index is 0.120. The molecule has 3 N–H and O–H groups in total. The Hall–Kier alpha value is -1.11. The average Bonchev–Trinajstić information content (AvgIpc) is 2.82. The van der Waals surface area contributed by atoms with Gasteiger partial charge in [0.25, 0.3) is 0 Å². The SMILES string of the molecule is CCOC1(C(NN)c2c(OC)cnn2C)CCCCC1. The lowest BCUT2D eigenvalue weighted by Gasteiger charge is -2.43. The van der Waals surface area contributed by atoms with Crippen LogP contribution in [0.1, 0.15) is 50.8 Å². The van der Waals surface area contributed by atoms with Gasteiger partial charge in [-0.25, -0.2) is 5.43 Å². The Morgan fingerprint density at radius 1 is 1.45 bits per heavy atom. The number of ether oxygens (including phenoxy) is 2. The molecule has 1 fully saturated rings. The molecule has 1 aliphatic rings. The molecule has 6 nitrogen and oxygen atoms in total. The van der Waals surface area contributed by atoms with E-state index in [4.69, 9.17) is 15.3 Å². The van der Waals surface area contributed by atoms with E-state index in [1.54, 1.807) is 13.3 Å². The van der Waals surface area contributed by atoms with Gasteiger partial charge in [0.15, 0.2) is 5.75 Å². The molecular weight excluding hydrogens is 256 g/mol. The molecule has 1 unspecified atom stereocenters. The molecule has 0 spiro atoms. The molecule has 0 aromatic carbocycles. The van der Waals surface area contributed by atoms with Crippen molar-refractivity contribution in [3.05, 3.63) is 11.9 Å². The summed E-state index contributed by atoms with van der Waals surface area (Å²) < 4.78 is 13.4. The summed E-state index contributed by atoms with van der Waals surface area (Å²) in [6.45, 7) is 2.71. The highest BCUT2D eigenvalue weighted by molar-refractivity contribution is 5.30. The van der Waals surface area contributed by atoms with E-state index in [0.717, 1.165) is 24.3 Å². The quantitative estimate of drug-likeness (QED) is 0.613. The molecule has 1 atom stereocenters. The van der Waals surface area contributed by atoms with Crippen LogP contribution < -0.4 is 16.0 Å². The predicted molar refractivity (Wildman–Crippen MR) is 77.3 cm³/mol. The molecule has 1 aromatic rings. The largest absolute Gasteiger partial charge is 0.493 e. The van der Waals surface area contributed by atoms with Crippen molar-refractivity contribution >= 4 is 0 Å². The van der Waals surface area contributed by atoms with E-state index in [0.29, 0.717) is 6.61 Å². The Morgan fingerprint density at radius 2 is 2.15 bits per heavy atom. The Labute approximate surface area is 120 Å². The summed E-state index contributed by atoms with van der Waals surface area (Å²) in [6, 6.07) is -0.120. The molecule has 1 heterocycles. The first-order chi connectivity index (χ1) is 9.68. The number of rotatable bonds is 6. The molecule has 1 saturated carbocycles. The Morgan fingerprint density at radius 3 is 2.70 bits per heavy atom. The fourth-order valence-corrected chi connectivity index (χ4v) is 3.35. The van der Waals surface area contributed by atoms with E-state index >= 15 is 0 Å². The van der Waals surface area contributed by atoms with Crippen LogP contribution in [-0.4, -0.2) is 29.1 Å². The van der Waals surface area contributed by atoms with Crippen molar-refractivity contribution in [2.24, 2.45) is 12.9 Å². The number of aromatic nitrogens is 2. The number of nitrogens with two attached hydrogens (primary N) is 1. The molecule has 0 bridgehead atoms. The van der Waals surface area contributed by atoms with Crippen LogP contribution in [0.5, 0.6) is 5.75 Å². The second kappa shape index (κ2) is 6.56. The summed E-state index contributed by atoms with van der Waals surface area (Å²) in [7, 11) is 3.56. The molecular formula is C14H26N4O2. The van der Waals surface area contributed by atoms with E-state index in [-0.39, 0.29) is 11.6 Å². The molecule has 1 aromatic heterocycles. The number of methoxy groups -OCH3 is 1. The molecule has 20 heavy (non-hydrogen) atoms. The lowest BCUT2D eigenvalue weighted by atomic mass is 9.78. The zero-order valence-electron chi connectivity index (χ0n) is 12.7. The molecule has 0 saturated heterocycles. The fourth-order valence-electron chi connectivity index (χ4n) is 3.35. The van der Waals surface area contributed by atoms with Crippen LogP contribution in [0.15, 0.2) is 6.20 Å². The highest BCUT2D eigenvalue weighted by Crippen LogP contribution is 2.43. The maximum absolute atomic E-state index is 6.16. The topological polar surface area (TPSA) is 74.3 Å². The molecule has 0 radical (unpaired) electrons. The molecule has 0 amide bonds. The summed E-state index contributed by atoms with van der Waals surface area (Å²) in [6.07, 6.45) is 7.32. The number of nitrogens with one attached hydrogen (secondary N) is 1. The van der Waals surface area contributed by atoms with Crippen molar-refractivity contribution in [2.75, 3.05) is 13.7 Å². The van der Waals surface area contributed by atoms with Crippen molar-refractivity contribution in [3.63, 3.8) is 0 Å². The highest BCUT2D eigenvalue weighted by atomic mass is 16.5. The lowest BCUT2D eigenvalue weighted by Crippen LogP contribution is -2.50. The van der Waals surface area contributed by atoms with Gasteiger partial charge in [-0.15, -0.1) is 0 Å². The summed E-state index contributed by atoms with van der Waals surface area (Å²) in [5.74, 6) is 6.63. The number of aryl methyl sites for hydroxylation is 1. The summed E-state index contributed by atoms with van der Waals surface area (Å²) >= 11 is 0. The third-order valence-corrected chi connectivity index (χ3v) is 4.27. The molecule has 6 heteroatoms. The number of hydrogen-bond acceptors (Lipinski definition) is 5. The minimum Gasteiger partial charge on any atom is -0.493 e. The Balaban J connectivity index is 2.39. The van der Waals surface area contributed by atoms with Gasteiger partial charge in [0.1, 0.15) is 5.69 Å². The zero-order chi connectivity index (χ0) is 14.6. The van der Waals surface area contributed by atoms with E-state index in [1.165, 1.54) is 19.3 Å². The highest BCUT2D eigenvalue weighted by Gasteiger charge is 2.43. The maximum atomic E-state index is 6.16.